The molecule has 2 amide bonds. The molecule has 24 heavy (non-hydrogen) atoms. The summed E-state index contributed by atoms with van der Waals surface area (Å²) in [5.41, 5.74) is 1.05. The van der Waals surface area contributed by atoms with Crippen LogP contribution in [0.3, 0.4) is 0 Å². The minimum Gasteiger partial charge on any atom is -0.480 e. The minimum atomic E-state index is -1.04. The van der Waals surface area contributed by atoms with E-state index in [0.717, 1.165) is 5.56 Å². The summed E-state index contributed by atoms with van der Waals surface area (Å²) in [6, 6.07) is 6.17. The van der Waals surface area contributed by atoms with Gasteiger partial charge in [0.25, 0.3) is 0 Å². The largest absolute Gasteiger partial charge is 0.480 e. The van der Waals surface area contributed by atoms with Crippen LogP contribution >= 0.6 is 0 Å². The van der Waals surface area contributed by atoms with E-state index in [4.69, 9.17) is 9.84 Å². The van der Waals surface area contributed by atoms with Gasteiger partial charge in [0.2, 0.25) is 0 Å². The van der Waals surface area contributed by atoms with E-state index in [1.54, 1.807) is 6.92 Å². The Balaban J connectivity index is 2.63. The maximum absolute atomic E-state index is 12.0. The molecule has 134 valence electrons. The van der Waals surface area contributed by atoms with Gasteiger partial charge in [0.15, 0.2) is 6.23 Å². The van der Waals surface area contributed by atoms with Crippen LogP contribution in [0.4, 0.5) is 4.79 Å². The van der Waals surface area contributed by atoms with Crippen molar-refractivity contribution >= 4 is 12.0 Å². The molecule has 0 saturated carbocycles. The van der Waals surface area contributed by atoms with E-state index in [1.165, 1.54) is 0 Å². The van der Waals surface area contributed by atoms with Gasteiger partial charge in [0, 0.05) is 0 Å². The molecule has 0 aromatic heterocycles. The van der Waals surface area contributed by atoms with E-state index < -0.39 is 24.3 Å². The van der Waals surface area contributed by atoms with Crippen LogP contribution in [0.1, 0.15) is 52.5 Å². The average Bonchev–Trinajstić information content (AvgIpc) is 2.45. The highest BCUT2D eigenvalue weighted by Gasteiger charge is 2.22. The number of amides is 2. The lowest BCUT2D eigenvalue weighted by Gasteiger charge is -2.22. The smallest absolute Gasteiger partial charge is 0.326 e. The number of carboxylic acid groups (broad SMARTS) is 1. The van der Waals surface area contributed by atoms with Crippen molar-refractivity contribution in [3.63, 3.8) is 0 Å². The van der Waals surface area contributed by atoms with Gasteiger partial charge in [-0.25, -0.2) is 9.59 Å². The zero-order valence-corrected chi connectivity index (χ0v) is 15.0. The maximum Gasteiger partial charge on any atom is 0.326 e. The number of hydrogen-bond acceptors (Lipinski definition) is 3. The van der Waals surface area contributed by atoms with Crippen molar-refractivity contribution in [2.45, 2.75) is 59.2 Å². The van der Waals surface area contributed by atoms with Gasteiger partial charge >= 0.3 is 12.0 Å². The summed E-state index contributed by atoms with van der Waals surface area (Å²) in [6.45, 7) is 9.65. The molecule has 1 aromatic carbocycles. The van der Waals surface area contributed by atoms with Gasteiger partial charge < -0.3 is 20.5 Å². The molecule has 0 bridgehead atoms. The molecule has 6 heteroatoms. The number of aliphatic carboxylic acids is 1. The first-order valence-corrected chi connectivity index (χ1v) is 8.26. The molecule has 0 aliphatic rings. The third kappa shape index (κ3) is 6.48. The quantitative estimate of drug-likeness (QED) is 0.635. The molecule has 6 nitrogen and oxygen atoms in total. The number of nitrogens with one attached hydrogen (secondary N) is 2. The Hall–Kier alpha value is -2.24. The number of benzene rings is 1. The van der Waals surface area contributed by atoms with Gasteiger partial charge in [-0.1, -0.05) is 45.9 Å². The van der Waals surface area contributed by atoms with E-state index in [1.807, 2.05) is 38.1 Å². The van der Waals surface area contributed by atoms with Gasteiger partial charge in [0.1, 0.15) is 11.8 Å². The van der Waals surface area contributed by atoms with Crippen LogP contribution in [-0.2, 0) is 4.79 Å². The third-order valence-corrected chi connectivity index (χ3v) is 3.49. The number of carboxylic acids is 1. The lowest BCUT2D eigenvalue weighted by atomic mass is 10.0. The van der Waals surface area contributed by atoms with Crippen LogP contribution in [0.25, 0.3) is 0 Å². The van der Waals surface area contributed by atoms with Crippen LogP contribution in [0, 0.1) is 5.92 Å². The zero-order chi connectivity index (χ0) is 18.3. The van der Waals surface area contributed by atoms with Crippen LogP contribution in [0.2, 0.25) is 0 Å². The summed E-state index contributed by atoms with van der Waals surface area (Å²) in [6.07, 6.45) is -0.216. The standard InChI is InChI=1S/C18H28N2O4/c1-11(2)10-15(17(21)22)20-18(23)19-13(5)24-16-9-7-6-8-14(16)12(3)4/h6-9,11-13,15H,10H2,1-5H3,(H,21,22)(H2,19,20,23). The second kappa shape index (κ2) is 9.15. The number of para-hydroxylation sites is 1. The molecule has 0 radical (unpaired) electrons. The van der Waals surface area contributed by atoms with E-state index in [0.29, 0.717) is 18.1 Å². The van der Waals surface area contributed by atoms with Gasteiger partial charge in [-0.05, 0) is 36.8 Å². The summed E-state index contributed by atoms with van der Waals surface area (Å²) in [5, 5.41) is 14.3. The van der Waals surface area contributed by atoms with Crippen molar-refractivity contribution in [1.82, 2.24) is 10.6 Å². The fraction of sp³-hybridized carbons (Fsp3) is 0.556. The van der Waals surface area contributed by atoms with E-state index in [9.17, 15) is 9.59 Å². The first-order valence-electron chi connectivity index (χ1n) is 8.26. The number of ether oxygens (including phenoxy) is 1. The van der Waals surface area contributed by atoms with E-state index in [2.05, 4.69) is 24.5 Å². The molecule has 1 aromatic rings. The van der Waals surface area contributed by atoms with Crippen LogP contribution < -0.4 is 15.4 Å². The first kappa shape index (κ1) is 19.8. The molecule has 0 fully saturated rings. The molecule has 0 heterocycles. The SMILES string of the molecule is CC(C)CC(NC(=O)NC(C)Oc1ccccc1C(C)C)C(=O)O. The van der Waals surface area contributed by atoms with Gasteiger partial charge in [-0.15, -0.1) is 0 Å². The van der Waals surface area contributed by atoms with E-state index >= 15 is 0 Å². The number of rotatable bonds is 8. The van der Waals surface area contributed by atoms with Crippen LogP contribution in [0.15, 0.2) is 24.3 Å². The fourth-order valence-corrected chi connectivity index (χ4v) is 2.36. The Bertz CT molecular complexity index is 558. The number of carbonyl (C=O) groups is 2. The number of urea groups is 1. The highest BCUT2D eigenvalue weighted by molar-refractivity contribution is 5.82. The highest BCUT2D eigenvalue weighted by Crippen LogP contribution is 2.26. The third-order valence-electron chi connectivity index (χ3n) is 3.49. The van der Waals surface area contributed by atoms with Crippen molar-refractivity contribution in [2.75, 3.05) is 0 Å². The maximum atomic E-state index is 12.0. The summed E-state index contributed by atoms with van der Waals surface area (Å²) in [7, 11) is 0. The summed E-state index contributed by atoms with van der Waals surface area (Å²) < 4.78 is 5.78. The number of hydrogen-bond donors (Lipinski definition) is 3. The fourth-order valence-electron chi connectivity index (χ4n) is 2.36. The second-order valence-corrected chi connectivity index (χ2v) is 6.59. The summed E-state index contributed by atoms with van der Waals surface area (Å²) in [5.74, 6) is 0.123. The first-order chi connectivity index (χ1) is 11.2. The molecule has 0 saturated heterocycles. The predicted molar refractivity (Wildman–Crippen MR) is 93.2 cm³/mol. The Morgan fingerprint density at radius 1 is 1.08 bits per heavy atom. The Kier molecular flexibility index (Phi) is 7.55. The van der Waals surface area contributed by atoms with Crippen molar-refractivity contribution < 1.29 is 19.4 Å². The molecular weight excluding hydrogens is 308 g/mol. The van der Waals surface area contributed by atoms with E-state index in [-0.39, 0.29) is 5.92 Å². The molecule has 2 atom stereocenters. The lowest BCUT2D eigenvalue weighted by molar-refractivity contribution is -0.139. The second-order valence-electron chi connectivity index (χ2n) is 6.59. The predicted octanol–water partition coefficient (Wildman–Crippen LogP) is 3.33. The van der Waals surface area contributed by atoms with Gasteiger partial charge in [0.05, 0.1) is 0 Å². The van der Waals surface area contributed by atoms with Gasteiger partial charge in [-0.3, -0.25) is 0 Å². The molecular formula is C18H28N2O4. The minimum absolute atomic E-state index is 0.165. The molecule has 0 aliphatic heterocycles. The van der Waals surface area contributed by atoms with Crippen molar-refractivity contribution in [2.24, 2.45) is 5.92 Å². The zero-order valence-electron chi connectivity index (χ0n) is 15.0. The van der Waals surface area contributed by atoms with Crippen LogP contribution in [0.5, 0.6) is 5.75 Å². The molecule has 1 rings (SSSR count). The average molecular weight is 336 g/mol. The monoisotopic (exact) mass is 336 g/mol. The lowest BCUT2D eigenvalue weighted by Crippen LogP contribution is -2.50. The number of carbonyl (C=O) groups excluding carboxylic acids is 1. The van der Waals surface area contributed by atoms with Gasteiger partial charge in [-0.2, -0.15) is 0 Å². The molecule has 2 unspecified atom stereocenters. The normalized spacial score (nSPS) is 13.5. The van der Waals surface area contributed by atoms with Crippen molar-refractivity contribution in [3.8, 4) is 5.75 Å². The Morgan fingerprint density at radius 3 is 2.25 bits per heavy atom. The van der Waals surface area contributed by atoms with Crippen LogP contribution in [-0.4, -0.2) is 29.4 Å². The van der Waals surface area contributed by atoms with Crippen molar-refractivity contribution in [3.05, 3.63) is 29.8 Å². The summed E-state index contributed by atoms with van der Waals surface area (Å²) >= 11 is 0. The molecule has 3 N–H and O–H groups in total. The Labute approximate surface area is 143 Å². The summed E-state index contributed by atoms with van der Waals surface area (Å²) in [4.78, 5) is 23.2. The molecule has 0 aliphatic carbocycles. The topological polar surface area (TPSA) is 87.7 Å². The molecule has 0 spiro atoms. The Morgan fingerprint density at radius 2 is 1.71 bits per heavy atom. The highest BCUT2D eigenvalue weighted by atomic mass is 16.5. The van der Waals surface area contributed by atoms with Crippen molar-refractivity contribution in [1.29, 1.82) is 0 Å².